The van der Waals surface area contributed by atoms with Gasteiger partial charge in [-0.1, -0.05) is 23.7 Å². The smallest absolute Gasteiger partial charge is 0.267 e. The number of nitrogens with one attached hydrogen (secondary N) is 2. The molecule has 4 nitrogen and oxygen atoms in total. The molecule has 0 atom stereocenters. The predicted molar refractivity (Wildman–Crippen MR) is 74.6 cm³/mol. The molecule has 19 heavy (non-hydrogen) atoms. The van der Waals surface area contributed by atoms with Crippen LogP contribution in [0.2, 0.25) is 5.02 Å². The highest BCUT2D eigenvalue weighted by Crippen LogP contribution is 2.09. The maximum Gasteiger partial charge on any atom is 0.267 e. The maximum absolute atomic E-state index is 11.7. The second-order valence-corrected chi connectivity index (χ2v) is 4.51. The molecule has 2 aromatic rings. The predicted octanol–water partition coefficient (Wildman–Crippen LogP) is 2.00. The van der Waals surface area contributed by atoms with Crippen LogP contribution in [0.4, 0.5) is 0 Å². The number of carbonyl (C=O) groups is 1. The number of halogens is 1. The Balaban J connectivity index is 1.87. The van der Waals surface area contributed by atoms with Crippen LogP contribution in [0.25, 0.3) is 0 Å². The minimum Gasteiger partial charge on any atom is -0.357 e. The summed E-state index contributed by atoms with van der Waals surface area (Å²) in [6.45, 7) is 0.497. The van der Waals surface area contributed by atoms with E-state index in [1.165, 1.54) is 18.3 Å². The minimum absolute atomic E-state index is 0.193. The van der Waals surface area contributed by atoms with Crippen molar-refractivity contribution >= 4 is 17.5 Å². The zero-order valence-electron chi connectivity index (χ0n) is 10.2. The molecule has 0 saturated carbocycles. The molecule has 0 aliphatic heterocycles. The van der Waals surface area contributed by atoms with E-state index in [1.54, 1.807) is 0 Å². The second kappa shape index (κ2) is 6.20. The van der Waals surface area contributed by atoms with E-state index >= 15 is 0 Å². The number of aromatic amines is 1. The lowest BCUT2D eigenvalue weighted by Gasteiger charge is -2.05. The van der Waals surface area contributed by atoms with Crippen LogP contribution >= 0.6 is 11.6 Å². The van der Waals surface area contributed by atoms with Crippen molar-refractivity contribution in [2.75, 3.05) is 6.54 Å². The van der Waals surface area contributed by atoms with Gasteiger partial charge in [0.2, 0.25) is 0 Å². The number of amides is 1. The lowest BCUT2D eigenvalue weighted by Crippen LogP contribution is -2.27. The quantitative estimate of drug-likeness (QED) is 0.897. The standard InChI is InChI=1S/C14H13ClN2O2/c15-11-3-1-10(2-4-11)5-7-17-14(19)13-9-12(18)6-8-16-13/h1-4,6,8-9H,5,7H2,(H,16,18)(H,17,19). The summed E-state index contributed by atoms with van der Waals surface area (Å²) in [4.78, 5) is 25.6. The summed E-state index contributed by atoms with van der Waals surface area (Å²) >= 11 is 5.79. The number of benzene rings is 1. The van der Waals surface area contributed by atoms with E-state index in [4.69, 9.17) is 11.6 Å². The largest absolute Gasteiger partial charge is 0.357 e. The Bertz CT molecular complexity index is 620. The molecule has 1 aromatic heterocycles. The van der Waals surface area contributed by atoms with E-state index in [0.717, 1.165) is 5.56 Å². The first kappa shape index (κ1) is 13.4. The zero-order chi connectivity index (χ0) is 13.7. The summed E-state index contributed by atoms with van der Waals surface area (Å²) in [7, 11) is 0. The number of pyridine rings is 1. The van der Waals surface area contributed by atoms with Crippen molar-refractivity contribution in [3.63, 3.8) is 0 Å². The first-order chi connectivity index (χ1) is 9.15. The Morgan fingerprint density at radius 2 is 1.95 bits per heavy atom. The molecule has 0 spiro atoms. The lowest BCUT2D eigenvalue weighted by atomic mass is 10.1. The highest BCUT2D eigenvalue weighted by Gasteiger charge is 2.05. The van der Waals surface area contributed by atoms with Crippen molar-refractivity contribution in [2.24, 2.45) is 0 Å². The number of aromatic nitrogens is 1. The van der Waals surface area contributed by atoms with Crippen LogP contribution in [0.5, 0.6) is 0 Å². The van der Waals surface area contributed by atoms with Crippen molar-refractivity contribution in [1.82, 2.24) is 10.3 Å². The summed E-state index contributed by atoms with van der Waals surface area (Å²) in [6.07, 6.45) is 2.16. The van der Waals surface area contributed by atoms with Gasteiger partial charge in [-0.2, -0.15) is 0 Å². The number of hydrogen-bond acceptors (Lipinski definition) is 2. The Labute approximate surface area is 115 Å². The molecular formula is C14H13ClN2O2. The SMILES string of the molecule is O=C(NCCc1ccc(Cl)cc1)c1cc(=O)cc[nH]1. The van der Waals surface area contributed by atoms with Crippen LogP contribution in [0, 0.1) is 0 Å². The van der Waals surface area contributed by atoms with E-state index in [-0.39, 0.29) is 17.0 Å². The van der Waals surface area contributed by atoms with E-state index in [0.29, 0.717) is 18.0 Å². The first-order valence-corrected chi connectivity index (χ1v) is 6.24. The van der Waals surface area contributed by atoms with Crippen LogP contribution in [0.3, 0.4) is 0 Å². The third kappa shape index (κ3) is 3.96. The highest BCUT2D eigenvalue weighted by molar-refractivity contribution is 6.30. The molecule has 5 heteroatoms. The van der Waals surface area contributed by atoms with E-state index in [1.807, 2.05) is 24.3 Å². The topological polar surface area (TPSA) is 62.0 Å². The molecule has 1 amide bonds. The third-order valence-electron chi connectivity index (χ3n) is 2.63. The van der Waals surface area contributed by atoms with Crippen LogP contribution < -0.4 is 10.7 Å². The molecule has 0 aliphatic rings. The van der Waals surface area contributed by atoms with Crippen LogP contribution in [-0.4, -0.2) is 17.4 Å². The zero-order valence-corrected chi connectivity index (χ0v) is 10.9. The first-order valence-electron chi connectivity index (χ1n) is 5.86. The Morgan fingerprint density at radius 1 is 1.21 bits per heavy atom. The van der Waals surface area contributed by atoms with Crippen LogP contribution in [0.15, 0.2) is 47.4 Å². The van der Waals surface area contributed by atoms with Gasteiger partial charge in [-0.15, -0.1) is 0 Å². The minimum atomic E-state index is -0.285. The van der Waals surface area contributed by atoms with Gasteiger partial charge >= 0.3 is 0 Å². The Hall–Kier alpha value is -2.07. The third-order valence-corrected chi connectivity index (χ3v) is 2.88. The number of rotatable bonds is 4. The van der Waals surface area contributed by atoms with Gasteiger partial charge in [-0.25, -0.2) is 0 Å². The van der Waals surface area contributed by atoms with Crippen molar-refractivity contribution < 1.29 is 4.79 Å². The van der Waals surface area contributed by atoms with Crippen LogP contribution in [0.1, 0.15) is 16.1 Å². The van der Waals surface area contributed by atoms with E-state index in [2.05, 4.69) is 10.3 Å². The maximum atomic E-state index is 11.7. The van der Waals surface area contributed by atoms with Crippen molar-refractivity contribution in [3.05, 3.63) is 69.1 Å². The van der Waals surface area contributed by atoms with Gasteiger partial charge in [0.15, 0.2) is 5.43 Å². The molecular weight excluding hydrogens is 264 g/mol. The normalized spacial score (nSPS) is 10.2. The number of hydrogen-bond donors (Lipinski definition) is 2. The van der Waals surface area contributed by atoms with E-state index in [9.17, 15) is 9.59 Å². The van der Waals surface area contributed by atoms with Gasteiger partial charge in [0.05, 0.1) is 0 Å². The summed E-state index contributed by atoms with van der Waals surface area (Å²) in [5, 5.41) is 3.44. The molecule has 98 valence electrons. The summed E-state index contributed by atoms with van der Waals surface area (Å²) in [5.41, 5.74) is 1.16. The van der Waals surface area contributed by atoms with Crippen LogP contribution in [-0.2, 0) is 6.42 Å². The average Bonchev–Trinajstić information content (AvgIpc) is 2.41. The molecule has 1 heterocycles. The highest BCUT2D eigenvalue weighted by atomic mass is 35.5. The molecule has 1 aromatic carbocycles. The Kier molecular flexibility index (Phi) is 4.36. The van der Waals surface area contributed by atoms with Crippen molar-refractivity contribution in [3.8, 4) is 0 Å². The van der Waals surface area contributed by atoms with Gasteiger partial charge in [0, 0.05) is 29.9 Å². The van der Waals surface area contributed by atoms with Gasteiger partial charge < -0.3 is 10.3 Å². The summed E-state index contributed by atoms with van der Waals surface area (Å²) < 4.78 is 0. The fraction of sp³-hybridized carbons (Fsp3) is 0.143. The average molecular weight is 277 g/mol. The summed E-state index contributed by atoms with van der Waals surface area (Å²) in [6, 6.07) is 10.1. The van der Waals surface area contributed by atoms with Gasteiger partial charge in [-0.3, -0.25) is 9.59 Å². The molecule has 2 rings (SSSR count). The van der Waals surface area contributed by atoms with Crippen molar-refractivity contribution in [1.29, 1.82) is 0 Å². The molecule has 2 N–H and O–H groups in total. The lowest BCUT2D eigenvalue weighted by molar-refractivity contribution is 0.0949. The second-order valence-electron chi connectivity index (χ2n) is 4.07. The number of H-pyrrole nitrogens is 1. The van der Waals surface area contributed by atoms with Gasteiger partial charge in [0.25, 0.3) is 5.91 Å². The van der Waals surface area contributed by atoms with Crippen molar-refractivity contribution in [2.45, 2.75) is 6.42 Å². The molecule has 0 fully saturated rings. The fourth-order valence-corrected chi connectivity index (χ4v) is 1.77. The van der Waals surface area contributed by atoms with Gasteiger partial charge in [-0.05, 0) is 24.1 Å². The molecule has 0 aliphatic carbocycles. The molecule has 0 unspecified atom stereocenters. The summed E-state index contributed by atoms with van der Waals surface area (Å²) in [5.74, 6) is -0.285. The molecule has 0 bridgehead atoms. The fourth-order valence-electron chi connectivity index (χ4n) is 1.64. The number of carbonyl (C=O) groups excluding carboxylic acids is 1. The molecule has 0 radical (unpaired) electrons. The molecule has 0 saturated heterocycles. The van der Waals surface area contributed by atoms with Gasteiger partial charge in [0.1, 0.15) is 5.69 Å². The monoisotopic (exact) mass is 276 g/mol. The Morgan fingerprint density at radius 3 is 2.63 bits per heavy atom. The van der Waals surface area contributed by atoms with E-state index < -0.39 is 0 Å².